The molecule has 0 radical (unpaired) electrons. The highest BCUT2D eigenvalue weighted by atomic mass is 79.9. The van der Waals surface area contributed by atoms with Crippen LogP contribution in [0.2, 0.25) is 0 Å². The molecular formula is C8H20BrN. The zero-order valence-electron chi connectivity index (χ0n) is 7.53. The van der Waals surface area contributed by atoms with Crippen LogP contribution in [-0.4, -0.2) is 12.6 Å². The van der Waals surface area contributed by atoms with Gasteiger partial charge in [-0.15, -0.1) is 17.0 Å². The molecule has 0 heterocycles. The Bertz CT molecular complexity index is 52.1. The average molecular weight is 210 g/mol. The number of hydrogen-bond acceptors (Lipinski definition) is 1. The van der Waals surface area contributed by atoms with Gasteiger partial charge in [0.15, 0.2) is 0 Å². The predicted octanol–water partition coefficient (Wildman–Crippen LogP) is 2.75. The van der Waals surface area contributed by atoms with Gasteiger partial charge >= 0.3 is 0 Å². The summed E-state index contributed by atoms with van der Waals surface area (Å²) in [5.41, 5.74) is 0.417. The molecule has 1 nitrogen and oxygen atoms in total. The van der Waals surface area contributed by atoms with Gasteiger partial charge in [-0.05, 0) is 26.3 Å². The van der Waals surface area contributed by atoms with Crippen LogP contribution in [0.5, 0.6) is 0 Å². The van der Waals surface area contributed by atoms with E-state index in [1.165, 1.54) is 19.3 Å². The third-order valence-corrected chi connectivity index (χ3v) is 2.56. The lowest BCUT2D eigenvalue weighted by Gasteiger charge is -2.29. The molecule has 0 aliphatic carbocycles. The highest BCUT2D eigenvalue weighted by Gasteiger charge is 2.19. The zero-order valence-corrected chi connectivity index (χ0v) is 9.24. The second-order valence-electron chi connectivity index (χ2n) is 2.59. The van der Waals surface area contributed by atoms with Crippen LogP contribution in [0, 0.1) is 0 Å². The highest BCUT2D eigenvalue weighted by Crippen LogP contribution is 2.17. The monoisotopic (exact) mass is 209 g/mol. The lowest BCUT2D eigenvalue weighted by Crippen LogP contribution is -2.40. The summed E-state index contributed by atoms with van der Waals surface area (Å²) >= 11 is 0. The van der Waals surface area contributed by atoms with E-state index in [9.17, 15) is 0 Å². The van der Waals surface area contributed by atoms with Crippen molar-refractivity contribution in [3.05, 3.63) is 0 Å². The molecule has 0 amide bonds. The summed E-state index contributed by atoms with van der Waals surface area (Å²) in [6, 6.07) is 0. The van der Waals surface area contributed by atoms with Crippen molar-refractivity contribution in [1.82, 2.24) is 5.32 Å². The summed E-state index contributed by atoms with van der Waals surface area (Å²) in [5, 5.41) is 3.36. The number of halogens is 1. The first-order valence-electron chi connectivity index (χ1n) is 3.93. The molecular weight excluding hydrogens is 190 g/mol. The van der Waals surface area contributed by atoms with Crippen molar-refractivity contribution in [1.29, 1.82) is 0 Å². The Morgan fingerprint density at radius 2 is 1.30 bits per heavy atom. The topological polar surface area (TPSA) is 12.0 Å². The second-order valence-corrected chi connectivity index (χ2v) is 2.59. The maximum absolute atomic E-state index is 3.36. The Morgan fingerprint density at radius 3 is 1.30 bits per heavy atom. The Kier molecular flexibility index (Phi) is 8.06. The number of rotatable bonds is 4. The summed E-state index contributed by atoms with van der Waals surface area (Å²) < 4.78 is 0. The molecule has 2 heteroatoms. The van der Waals surface area contributed by atoms with E-state index in [-0.39, 0.29) is 17.0 Å². The molecule has 10 heavy (non-hydrogen) atoms. The van der Waals surface area contributed by atoms with Crippen molar-refractivity contribution < 1.29 is 0 Å². The van der Waals surface area contributed by atoms with Gasteiger partial charge in [-0.2, -0.15) is 0 Å². The van der Waals surface area contributed by atoms with Gasteiger partial charge < -0.3 is 5.32 Å². The van der Waals surface area contributed by atoms with E-state index in [0.717, 1.165) is 0 Å². The lowest BCUT2D eigenvalue weighted by atomic mass is 9.90. The minimum Gasteiger partial charge on any atom is -0.314 e. The first-order chi connectivity index (χ1) is 4.24. The fraction of sp³-hybridized carbons (Fsp3) is 1.00. The fourth-order valence-corrected chi connectivity index (χ4v) is 1.28. The Morgan fingerprint density at radius 1 is 1.00 bits per heavy atom. The molecule has 1 N–H and O–H groups in total. The van der Waals surface area contributed by atoms with E-state index >= 15 is 0 Å². The van der Waals surface area contributed by atoms with E-state index in [0.29, 0.717) is 5.54 Å². The van der Waals surface area contributed by atoms with Crippen molar-refractivity contribution in [2.75, 3.05) is 7.05 Å². The third kappa shape index (κ3) is 3.02. The molecule has 0 aliphatic rings. The van der Waals surface area contributed by atoms with Crippen molar-refractivity contribution in [3.8, 4) is 0 Å². The number of nitrogens with one attached hydrogen (secondary N) is 1. The summed E-state index contributed by atoms with van der Waals surface area (Å²) in [5.74, 6) is 0. The largest absolute Gasteiger partial charge is 0.314 e. The molecule has 0 fully saturated rings. The van der Waals surface area contributed by atoms with Crippen LogP contribution in [0.4, 0.5) is 0 Å². The summed E-state index contributed by atoms with van der Waals surface area (Å²) in [4.78, 5) is 0. The van der Waals surface area contributed by atoms with Gasteiger partial charge in [0.25, 0.3) is 0 Å². The smallest absolute Gasteiger partial charge is 0.0170 e. The molecule has 0 saturated heterocycles. The first-order valence-corrected chi connectivity index (χ1v) is 3.93. The summed E-state index contributed by atoms with van der Waals surface area (Å²) in [7, 11) is 2.05. The maximum atomic E-state index is 3.36. The van der Waals surface area contributed by atoms with Crippen molar-refractivity contribution in [3.63, 3.8) is 0 Å². The van der Waals surface area contributed by atoms with E-state index in [2.05, 4.69) is 33.1 Å². The Balaban J connectivity index is 0. The quantitative estimate of drug-likeness (QED) is 0.752. The molecule has 0 spiro atoms. The molecule has 0 aromatic carbocycles. The SMILES string of the molecule is Br.CCC(CC)(CC)NC. The molecule has 0 aromatic rings. The summed E-state index contributed by atoms with van der Waals surface area (Å²) in [6.45, 7) is 6.72. The van der Waals surface area contributed by atoms with Crippen LogP contribution in [0.15, 0.2) is 0 Å². The van der Waals surface area contributed by atoms with Gasteiger partial charge in [0, 0.05) is 5.54 Å². The lowest BCUT2D eigenvalue weighted by molar-refractivity contribution is 0.313. The van der Waals surface area contributed by atoms with Gasteiger partial charge in [0.1, 0.15) is 0 Å². The minimum absolute atomic E-state index is 0. The molecule has 0 aromatic heterocycles. The molecule has 0 atom stereocenters. The molecule has 0 aliphatic heterocycles. The average Bonchev–Trinajstić information content (AvgIpc) is 1.95. The van der Waals surface area contributed by atoms with Gasteiger partial charge in [-0.3, -0.25) is 0 Å². The zero-order chi connectivity index (χ0) is 7.33. The minimum atomic E-state index is 0. The standard InChI is InChI=1S/C8H19N.BrH/c1-5-8(6-2,7-3)9-4;/h9H,5-7H2,1-4H3;1H. The van der Waals surface area contributed by atoms with Crippen molar-refractivity contribution in [2.24, 2.45) is 0 Å². The first kappa shape index (κ1) is 13.1. The van der Waals surface area contributed by atoms with Gasteiger partial charge in [-0.25, -0.2) is 0 Å². The van der Waals surface area contributed by atoms with E-state index in [1.54, 1.807) is 0 Å². The normalized spacial score (nSPS) is 10.8. The molecule has 64 valence electrons. The van der Waals surface area contributed by atoms with Gasteiger partial charge in [0.2, 0.25) is 0 Å². The molecule has 0 rings (SSSR count). The number of hydrogen-bond donors (Lipinski definition) is 1. The van der Waals surface area contributed by atoms with Crippen LogP contribution in [0.1, 0.15) is 40.0 Å². The van der Waals surface area contributed by atoms with Crippen LogP contribution in [-0.2, 0) is 0 Å². The van der Waals surface area contributed by atoms with Crippen molar-refractivity contribution in [2.45, 2.75) is 45.6 Å². The van der Waals surface area contributed by atoms with Gasteiger partial charge in [0.05, 0.1) is 0 Å². The fourth-order valence-electron chi connectivity index (χ4n) is 1.28. The Hall–Kier alpha value is 0.440. The second kappa shape index (κ2) is 6.17. The summed E-state index contributed by atoms with van der Waals surface area (Å²) in [6.07, 6.45) is 3.70. The van der Waals surface area contributed by atoms with Crippen LogP contribution >= 0.6 is 17.0 Å². The molecule has 0 saturated carbocycles. The van der Waals surface area contributed by atoms with E-state index in [4.69, 9.17) is 0 Å². The van der Waals surface area contributed by atoms with Crippen molar-refractivity contribution >= 4 is 17.0 Å². The van der Waals surface area contributed by atoms with E-state index in [1.807, 2.05) is 0 Å². The van der Waals surface area contributed by atoms with Gasteiger partial charge in [-0.1, -0.05) is 20.8 Å². The van der Waals surface area contributed by atoms with E-state index < -0.39 is 0 Å². The Labute approximate surface area is 75.4 Å². The predicted molar refractivity (Wildman–Crippen MR) is 53.0 cm³/mol. The molecule has 0 unspecified atom stereocenters. The molecule has 0 bridgehead atoms. The maximum Gasteiger partial charge on any atom is 0.0170 e. The van der Waals surface area contributed by atoms with Crippen LogP contribution < -0.4 is 5.32 Å². The van der Waals surface area contributed by atoms with Crippen LogP contribution in [0.25, 0.3) is 0 Å². The highest BCUT2D eigenvalue weighted by molar-refractivity contribution is 8.93. The van der Waals surface area contributed by atoms with Crippen LogP contribution in [0.3, 0.4) is 0 Å². The third-order valence-electron chi connectivity index (χ3n) is 2.56.